The van der Waals surface area contributed by atoms with E-state index in [0.717, 1.165) is 10.1 Å². The fourth-order valence-electron chi connectivity index (χ4n) is 3.92. The minimum atomic E-state index is -0.648. The molecule has 0 saturated heterocycles. The van der Waals surface area contributed by atoms with E-state index in [9.17, 15) is 18.8 Å². The third kappa shape index (κ3) is 3.79. The maximum Gasteiger partial charge on any atom is 0.336 e. The summed E-state index contributed by atoms with van der Waals surface area (Å²) in [5.74, 6) is -0.804. The molecule has 1 amide bonds. The number of benzene rings is 3. The second-order valence-electron chi connectivity index (χ2n) is 8.02. The van der Waals surface area contributed by atoms with Gasteiger partial charge in [0.25, 0.3) is 0 Å². The number of nitrogens with zero attached hydrogens (tertiary/aromatic N) is 2. The number of halogens is 1. The Labute approximate surface area is 192 Å². The van der Waals surface area contributed by atoms with Crippen LogP contribution in [0, 0.1) is 12.7 Å². The van der Waals surface area contributed by atoms with Crippen molar-refractivity contribution in [1.29, 1.82) is 0 Å². The topological polar surface area (TPSA) is 86.2 Å². The number of furan rings is 1. The van der Waals surface area contributed by atoms with E-state index < -0.39 is 17.2 Å². The van der Waals surface area contributed by atoms with E-state index in [1.807, 2.05) is 6.92 Å². The Bertz CT molecular complexity index is 1650. The highest BCUT2D eigenvalue weighted by atomic mass is 19.1. The van der Waals surface area contributed by atoms with Crippen LogP contribution in [0.3, 0.4) is 0 Å². The van der Waals surface area contributed by atoms with Crippen LogP contribution in [-0.2, 0) is 17.9 Å². The van der Waals surface area contributed by atoms with Crippen LogP contribution < -0.4 is 16.6 Å². The Hall–Kier alpha value is -4.46. The Morgan fingerprint density at radius 2 is 1.68 bits per heavy atom. The fourth-order valence-corrected chi connectivity index (χ4v) is 3.92. The zero-order chi connectivity index (χ0) is 23.8. The van der Waals surface area contributed by atoms with Gasteiger partial charge in [-0.3, -0.25) is 14.2 Å². The molecule has 0 fully saturated rings. The maximum atomic E-state index is 13.5. The van der Waals surface area contributed by atoms with Crippen molar-refractivity contribution in [1.82, 2.24) is 14.5 Å². The van der Waals surface area contributed by atoms with Crippen LogP contribution in [0.15, 0.2) is 86.8 Å². The second-order valence-corrected chi connectivity index (χ2v) is 8.02. The van der Waals surface area contributed by atoms with Crippen molar-refractivity contribution in [3.8, 4) is 5.69 Å². The van der Waals surface area contributed by atoms with Gasteiger partial charge >= 0.3 is 11.2 Å². The highest BCUT2D eigenvalue weighted by molar-refractivity contribution is 6.02. The minimum Gasteiger partial charge on any atom is -0.449 e. The standard InChI is InChI=1S/C26H20FN3O4/c1-16-6-12-19(13-7-16)30-25(32)24-23(20-4-2-3-5-21(20)34-24)29(26(30)33)15-22(31)28-14-17-8-10-18(27)11-9-17/h2-13H,14-15H2,1H3,(H,28,31). The summed E-state index contributed by atoms with van der Waals surface area (Å²) in [5.41, 5.74) is 1.53. The molecule has 1 N–H and O–H groups in total. The number of amides is 1. The van der Waals surface area contributed by atoms with Crippen molar-refractivity contribution in [2.75, 3.05) is 0 Å². The van der Waals surface area contributed by atoms with Gasteiger partial charge in [0.15, 0.2) is 0 Å². The first kappa shape index (κ1) is 21.4. The fraction of sp³-hybridized carbons (Fsp3) is 0.115. The summed E-state index contributed by atoms with van der Waals surface area (Å²) in [6, 6.07) is 19.7. The second kappa shape index (κ2) is 8.47. The van der Waals surface area contributed by atoms with E-state index in [0.29, 0.717) is 22.2 Å². The lowest BCUT2D eigenvalue weighted by Gasteiger charge is -2.12. The van der Waals surface area contributed by atoms with Crippen LogP contribution in [-0.4, -0.2) is 15.0 Å². The van der Waals surface area contributed by atoms with E-state index in [4.69, 9.17) is 4.42 Å². The molecular formula is C26H20FN3O4. The largest absolute Gasteiger partial charge is 0.449 e. The van der Waals surface area contributed by atoms with Crippen LogP contribution in [0.4, 0.5) is 4.39 Å². The highest BCUT2D eigenvalue weighted by Crippen LogP contribution is 2.25. The SMILES string of the molecule is Cc1ccc(-n2c(=O)c3oc4ccccc4c3n(CC(=O)NCc3ccc(F)cc3)c2=O)cc1. The van der Waals surface area contributed by atoms with Crippen LogP contribution >= 0.6 is 0 Å². The van der Waals surface area contributed by atoms with Crippen LogP contribution in [0.25, 0.3) is 27.8 Å². The molecule has 0 spiro atoms. The zero-order valence-electron chi connectivity index (χ0n) is 18.2. The molecule has 0 aliphatic heterocycles. The molecule has 8 heteroatoms. The third-order valence-electron chi connectivity index (χ3n) is 5.66. The molecule has 5 aromatic rings. The summed E-state index contributed by atoms with van der Waals surface area (Å²) < 4.78 is 21.2. The van der Waals surface area contributed by atoms with E-state index >= 15 is 0 Å². The lowest BCUT2D eigenvalue weighted by atomic mass is 10.2. The molecule has 0 aliphatic rings. The molecule has 0 saturated carbocycles. The van der Waals surface area contributed by atoms with Gasteiger partial charge in [-0.05, 0) is 48.9 Å². The Kier molecular flexibility index (Phi) is 5.33. The summed E-state index contributed by atoms with van der Waals surface area (Å²) in [6.07, 6.45) is 0. The number of aryl methyl sites for hydroxylation is 1. The maximum absolute atomic E-state index is 13.5. The average molecular weight is 457 g/mol. The van der Waals surface area contributed by atoms with Crippen molar-refractivity contribution in [3.63, 3.8) is 0 Å². The molecule has 0 atom stereocenters. The lowest BCUT2D eigenvalue weighted by Crippen LogP contribution is -2.41. The van der Waals surface area contributed by atoms with Crippen LogP contribution in [0.5, 0.6) is 0 Å². The van der Waals surface area contributed by atoms with E-state index in [1.165, 1.54) is 16.7 Å². The van der Waals surface area contributed by atoms with Crippen LogP contribution in [0.2, 0.25) is 0 Å². The number of rotatable bonds is 5. The number of aromatic nitrogens is 2. The van der Waals surface area contributed by atoms with E-state index in [2.05, 4.69) is 5.32 Å². The number of hydrogen-bond acceptors (Lipinski definition) is 4. The van der Waals surface area contributed by atoms with Crippen molar-refractivity contribution in [2.24, 2.45) is 0 Å². The first-order valence-electron chi connectivity index (χ1n) is 10.7. The molecule has 2 aromatic heterocycles. The molecule has 34 heavy (non-hydrogen) atoms. The predicted octanol–water partition coefficient (Wildman–Crippen LogP) is 3.66. The summed E-state index contributed by atoms with van der Waals surface area (Å²) in [5, 5.41) is 3.31. The molecule has 7 nitrogen and oxygen atoms in total. The Morgan fingerprint density at radius 3 is 2.41 bits per heavy atom. The minimum absolute atomic E-state index is 0.00675. The highest BCUT2D eigenvalue weighted by Gasteiger charge is 2.22. The first-order valence-corrected chi connectivity index (χ1v) is 10.7. The molecule has 0 bridgehead atoms. The van der Waals surface area contributed by atoms with Gasteiger partial charge < -0.3 is 9.73 Å². The van der Waals surface area contributed by atoms with Gasteiger partial charge in [0, 0.05) is 11.9 Å². The summed E-state index contributed by atoms with van der Waals surface area (Å²) in [6.45, 7) is 1.74. The average Bonchev–Trinajstić information content (AvgIpc) is 3.23. The molecule has 5 rings (SSSR count). The summed E-state index contributed by atoms with van der Waals surface area (Å²) in [7, 11) is 0. The Balaban J connectivity index is 1.62. The van der Waals surface area contributed by atoms with Gasteiger partial charge in [-0.2, -0.15) is 0 Å². The molecule has 2 heterocycles. The molecule has 170 valence electrons. The van der Waals surface area contributed by atoms with Crippen molar-refractivity contribution in [3.05, 3.63) is 111 Å². The number of carbonyl (C=O) groups excluding carboxylic acids is 1. The van der Waals surface area contributed by atoms with Crippen molar-refractivity contribution in [2.45, 2.75) is 20.0 Å². The number of fused-ring (bicyclic) bond motifs is 3. The van der Waals surface area contributed by atoms with E-state index in [-0.39, 0.29) is 30.0 Å². The zero-order valence-corrected chi connectivity index (χ0v) is 18.2. The number of para-hydroxylation sites is 1. The quantitative estimate of drug-likeness (QED) is 0.436. The molecular weight excluding hydrogens is 437 g/mol. The normalized spacial score (nSPS) is 11.2. The summed E-state index contributed by atoms with van der Waals surface area (Å²) in [4.78, 5) is 39.7. The van der Waals surface area contributed by atoms with Gasteiger partial charge in [-0.25, -0.2) is 13.8 Å². The van der Waals surface area contributed by atoms with Crippen molar-refractivity contribution < 1.29 is 13.6 Å². The van der Waals surface area contributed by atoms with Gasteiger partial charge in [0.1, 0.15) is 23.5 Å². The number of hydrogen-bond donors (Lipinski definition) is 1. The number of nitrogens with one attached hydrogen (secondary N) is 1. The smallest absolute Gasteiger partial charge is 0.336 e. The van der Waals surface area contributed by atoms with Gasteiger partial charge in [0.05, 0.1) is 5.69 Å². The van der Waals surface area contributed by atoms with Gasteiger partial charge in [0.2, 0.25) is 11.5 Å². The molecule has 0 aliphatic carbocycles. The van der Waals surface area contributed by atoms with Gasteiger partial charge in [-0.1, -0.05) is 42.0 Å². The Morgan fingerprint density at radius 1 is 0.971 bits per heavy atom. The molecule has 3 aromatic carbocycles. The molecule has 0 unspecified atom stereocenters. The molecule has 0 radical (unpaired) electrons. The van der Waals surface area contributed by atoms with E-state index in [1.54, 1.807) is 60.7 Å². The lowest BCUT2D eigenvalue weighted by molar-refractivity contribution is -0.121. The van der Waals surface area contributed by atoms with Gasteiger partial charge in [-0.15, -0.1) is 0 Å². The monoisotopic (exact) mass is 457 g/mol. The number of carbonyl (C=O) groups is 1. The van der Waals surface area contributed by atoms with Crippen molar-refractivity contribution >= 4 is 28.0 Å². The summed E-state index contributed by atoms with van der Waals surface area (Å²) >= 11 is 0. The first-order chi connectivity index (χ1) is 16.4. The van der Waals surface area contributed by atoms with Crippen LogP contribution in [0.1, 0.15) is 11.1 Å². The third-order valence-corrected chi connectivity index (χ3v) is 5.66. The predicted molar refractivity (Wildman–Crippen MR) is 127 cm³/mol.